The Morgan fingerprint density at radius 3 is 1.94 bits per heavy atom. The first-order valence-electron chi connectivity index (χ1n) is 4.94. The number of hydrogen-bond donors (Lipinski definition) is 0. The van der Waals surface area contributed by atoms with Gasteiger partial charge in [-0.25, -0.2) is 0 Å². The maximum Gasteiger partial charge on any atom is 0.113 e. The first-order chi connectivity index (χ1) is 8.24. The highest BCUT2D eigenvalue weighted by Gasteiger charge is 2.02. The molecule has 0 aromatic heterocycles. The molecule has 86 valence electrons. The Labute approximate surface area is 120 Å². The highest BCUT2D eigenvalue weighted by Crippen LogP contribution is 2.31. The molecule has 0 spiro atoms. The predicted octanol–water partition coefficient (Wildman–Crippen LogP) is 5.51. The monoisotopic (exact) mass is 296 g/mol. The molecule has 0 heterocycles. The Morgan fingerprint density at radius 2 is 1.35 bits per heavy atom. The van der Waals surface area contributed by atoms with Gasteiger partial charge in [-0.05, 0) is 36.4 Å². The lowest BCUT2D eigenvalue weighted by atomic mass is 10.4. The molecule has 0 bridgehead atoms. The molecule has 2 aromatic carbocycles. The molecule has 2 rings (SSSR count). The second-order valence-electron chi connectivity index (χ2n) is 3.22. The van der Waals surface area contributed by atoms with E-state index in [4.69, 9.17) is 23.8 Å². The van der Waals surface area contributed by atoms with Gasteiger partial charge in [0.05, 0.1) is 0 Å². The molecule has 0 nitrogen and oxygen atoms in total. The van der Waals surface area contributed by atoms with Gasteiger partial charge in [0.15, 0.2) is 0 Å². The van der Waals surface area contributed by atoms with Gasteiger partial charge in [0.1, 0.15) is 3.53 Å². The minimum atomic E-state index is 0.746. The molecule has 0 aliphatic heterocycles. The summed E-state index contributed by atoms with van der Waals surface area (Å²) in [5.41, 5.74) is 0. The Balaban J connectivity index is 1.96. The van der Waals surface area contributed by atoms with Gasteiger partial charge in [-0.1, -0.05) is 65.5 Å². The third-order valence-corrected chi connectivity index (χ3v) is 4.56. The van der Waals surface area contributed by atoms with Crippen LogP contribution in [0.4, 0.5) is 0 Å². The summed E-state index contributed by atoms with van der Waals surface area (Å²) in [5, 5.41) is 0.746. The number of rotatable bonds is 2. The van der Waals surface area contributed by atoms with Crippen molar-refractivity contribution in [2.24, 2.45) is 0 Å². The third kappa shape index (κ3) is 4.36. The minimum absolute atomic E-state index is 0.746. The summed E-state index contributed by atoms with van der Waals surface area (Å²) in [6.45, 7) is 0. The third-order valence-electron chi connectivity index (χ3n) is 1.96. The molecule has 2 aromatic rings. The van der Waals surface area contributed by atoms with Crippen LogP contribution in [-0.4, -0.2) is 3.53 Å². The van der Waals surface area contributed by atoms with E-state index in [1.807, 2.05) is 42.5 Å². The molecule has 4 heteroatoms. The zero-order valence-electron chi connectivity index (χ0n) is 8.80. The molecule has 0 aliphatic rings. The van der Waals surface area contributed by atoms with Gasteiger partial charge in [0.2, 0.25) is 0 Å². The van der Waals surface area contributed by atoms with Gasteiger partial charge < -0.3 is 0 Å². The standard InChI is InChI=1S/C13H9ClS3/c14-10-6-8-12(9-7-10)17-13(15)16-11-4-2-1-3-5-11/h1-9H. The van der Waals surface area contributed by atoms with Crippen LogP contribution >= 0.6 is 47.3 Å². The van der Waals surface area contributed by atoms with E-state index >= 15 is 0 Å². The van der Waals surface area contributed by atoms with Gasteiger partial charge in [0, 0.05) is 14.8 Å². The molecule has 0 aliphatic carbocycles. The molecule has 0 fully saturated rings. The average Bonchev–Trinajstić information content (AvgIpc) is 2.33. The Hall–Kier alpha value is -0.480. The number of thioether (sulfide) groups is 2. The maximum atomic E-state index is 5.83. The van der Waals surface area contributed by atoms with Crippen molar-refractivity contribution < 1.29 is 0 Å². The van der Waals surface area contributed by atoms with Gasteiger partial charge >= 0.3 is 0 Å². The predicted molar refractivity (Wildman–Crippen MR) is 82.2 cm³/mol. The maximum absolute atomic E-state index is 5.83. The summed E-state index contributed by atoms with van der Waals surface area (Å²) < 4.78 is 0.888. The zero-order chi connectivity index (χ0) is 12.1. The fourth-order valence-corrected chi connectivity index (χ4v) is 3.60. The second kappa shape index (κ2) is 6.45. The number of benzene rings is 2. The van der Waals surface area contributed by atoms with Crippen molar-refractivity contribution >= 4 is 50.9 Å². The van der Waals surface area contributed by atoms with Crippen LogP contribution in [-0.2, 0) is 0 Å². The van der Waals surface area contributed by atoms with E-state index in [1.165, 1.54) is 4.90 Å². The molecular formula is C13H9ClS3. The fourth-order valence-electron chi connectivity index (χ4n) is 1.20. The van der Waals surface area contributed by atoms with E-state index in [2.05, 4.69) is 12.1 Å². The van der Waals surface area contributed by atoms with Gasteiger partial charge in [-0.15, -0.1) is 0 Å². The van der Waals surface area contributed by atoms with E-state index in [-0.39, 0.29) is 0 Å². The van der Waals surface area contributed by atoms with Crippen LogP contribution in [0.1, 0.15) is 0 Å². The van der Waals surface area contributed by atoms with Crippen LogP contribution < -0.4 is 0 Å². The van der Waals surface area contributed by atoms with E-state index in [9.17, 15) is 0 Å². The Kier molecular flexibility index (Phi) is 4.92. The lowest BCUT2D eigenvalue weighted by Gasteiger charge is -2.03. The van der Waals surface area contributed by atoms with Crippen molar-refractivity contribution in [2.75, 3.05) is 0 Å². The van der Waals surface area contributed by atoms with Gasteiger partial charge in [0.25, 0.3) is 0 Å². The van der Waals surface area contributed by atoms with Crippen LogP contribution in [0.25, 0.3) is 0 Å². The minimum Gasteiger partial charge on any atom is -0.0843 e. The van der Waals surface area contributed by atoms with Crippen molar-refractivity contribution in [1.29, 1.82) is 0 Å². The van der Waals surface area contributed by atoms with Crippen LogP contribution in [0.15, 0.2) is 64.4 Å². The van der Waals surface area contributed by atoms with E-state index in [1.54, 1.807) is 23.5 Å². The molecule has 0 unspecified atom stereocenters. The molecule has 0 atom stereocenters. The molecule has 0 radical (unpaired) electrons. The largest absolute Gasteiger partial charge is 0.113 e. The normalized spacial score (nSPS) is 10.2. The van der Waals surface area contributed by atoms with Crippen LogP contribution in [0.5, 0.6) is 0 Å². The van der Waals surface area contributed by atoms with Crippen LogP contribution in [0, 0.1) is 0 Å². The quantitative estimate of drug-likeness (QED) is 0.530. The Bertz CT molecular complexity index is 494. The summed E-state index contributed by atoms with van der Waals surface area (Å²) in [6.07, 6.45) is 0. The molecule has 0 saturated heterocycles. The van der Waals surface area contributed by atoms with Crippen molar-refractivity contribution in [3.63, 3.8) is 0 Å². The molecular weight excluding hydrogens is 288 g/mol. The number of thiocarbonyl (C=S) groups is 1. The highest BCUT2D eigenvalue weighted by atomic mass is 35.5. The molecule has 0 saturated carbocycles. The second-order valence-corrected chi connectivity index (χ2v) is 7.01. The average molecular weight is 297 g/mol. The van der Waals surface area contributed by atoms with Crippen molar-refractivity contribution in [1.82, 2.24) is 0 Å². The summed E-state index contributed by atoms with van der Waals surface area (Å²) >= 11 is 14.4. The SMILES string of the molecule is S=C(Sc1ccccc1)Sc1ccc(Cl)cc1. The summed E-state index contributed by atoms with van der Waals surface area (Å²) in [4.78, 5) is 2.28. The molecule has 17 heavy (non-hydrogen) atoms. The fraction of sp³-hybridized carbons (Fsp3) is 0. The molecule has 0 N–H and O–H groups in total. The van der Waals surface area contributed by atoms with Gasteiger partial charge in [-0.3, -0.25) is 0 Å². The van der Waals surface area contributed by atoms with E-state index in [0.29, 0.717) is 0 Å². The van der Waals surface area contributed by atoms with Crippen molar-refractivity contribution in [3.8, 4) is 0 Å². The highest BCUT2D eigenvalue weighted by molar-refractivity contribution is 8.47. The first-order valence-corrected chi connectivity index (χ1v) is 7.36. The lowest BCUT2D eigenvalue weighted by molar-refractivity contribution is 1.47. The van der Waals surface area contributed by atoms with E-state index in [0.717, 1.165) is 13.4 Å². The van der Waals surface area contributed by atoms with E-state index < -0.39 is 0 Å². The van der Waals surface area contributed by atoms with Crippen LogP contribution in [0.3, 0.4) is 0 Å². The van der Waals surface area contributed by atoms with Crippen molar-refractivity contribution in [3.05, 3.63) is 59.6 Å². The number of halogens is 1. The van der Waals surface area contributed by atoms with Gasteiger partial charge in [-0.2, -0.15) is 0 Å². The summed E-state index contributed by atoms with van der Waals surface area (Å²) in [5.74, 6) is 0. The molecule has 0 amide bonds. The Morgan fingerprint density at radius 1 is 0.824 bits per heavy atom. The zero-order valence-corrected chi connectivity index (χ0v) is 12.0. The topological polar surface area (TPSA) is 0 Å². The smallest absolute Gasteiger partial charge is 0.0843 e. The first kappa shape index (κ1) is 13.0. The summed E-state index contributed by atoms with van der Waals surface area (Å²) in [7, 11) is 0. The van der Waals surface area contributed by atoms with Crippen LogP contribution in [0.2, 0.25) is 5.02 Å². The summed E-state index contributed by atoms with van der Waals surface area (Å²) in [6, 6.07) is 17.8. The number of hydrogen-bond acceptors (Lipinski definition) is 3. The lowest BCUT2D eigenvalue weighted by Crippen LogP contribution is -1.81. The van der Waals surface area contributed by atoms with Crippen molar-refractivity contribution in [2.45, 2.75) is 9.79 Å².